The smallest absolute Gasteiger partial charge is 0.261 e. The lowest BCUT2D eigenvalue weighted by atomic mass is 10.1. The van der Waals surface area contributed by atoms with Gasteiger partial charge in [0.1, 0.15) is 0 Å². The molecule has 20 heavy (non-hydrogen) atoms. The minimum atomic E-state index is -0.230. The van der Waals surface area contributed by atoms with Crippen LogP contribution in [-0.4, -0.2) is 35.2 Å². The number of likely N-dealkylation sites (N-methyl/N-ethyl adjacent to an activating group) is 1. The number of nitrogens with one attached hydrogen (secondary N) is 1. The molecule has 2 heterocycles. The van der Waals surface area contributed by atoms with Crippen LogP contribution in [0.5, 0.6) is 0 Å². The van der Waals surface area contributed by atoms with Gasteiger partial charge in [0.05, 0.1) is 23.4 Å². The fourth-order valence-corrected chi connectivity index (χ4v) is 2.38. The third kappa shape index (κ3) is 1.79. The molecule has 0 fully saturated rings. The third-order valence-corrected chi connectivity index (χ3v) is 3.70. The van der Waals surface area contributed by atoms with Crippen molar-refractivity contribution in [1.82, 2.24) is 15.1 Å². The highest BCUT2D eigenvalue weighted by atomic mass is 16.2. The van der Waals surface area contributed by atoms with E-state index in [4.69, 9.17) is 0 Å². The van der Waals surface area contributed by atoms with Crippen LogP contribution >= 0.6 is 0 Å². The molecule has 2 aliphatic heterocycles. The lowest BCUT2D eigenvalue weighted by Crippen LogP contribution is -2.37. The van der Waals surface area contributed by atoms with Crippen molar-refractivity contribution in [1.29, 1.82) is 0 Å². The summed E-state index contributed by atoms with van der Waals surface area (Å²) in [7, 11) is 1.91. The third-order valence-electron chi connectivity index (χ3n) is 3.70. The molecule has 0 aliphatic carbocycles. The van der Waals surface area contributed by atoms with Gasteiger partial charge in [-0.2, -0.15) is 0 Å². The van der Waals surface area contributed by atoms with E-state index >= 15 is 0 Å². The Morgan fingerprint density at radius 2 is 1.65 bits per heavy atom. The number of fused-ring (bicyclic) bond motifs is 1. The molecule has 0 spiro atoms. The quantitative estimate of drug-likeness (QED) is 0.827. The number of rotatable bonds is 2. The minimum absolute atomic E-state index is 0.230. The van der Waals surface area contributed by atoms with Gasteiger partial charge in [0.15, 0.2) is 0 Å². The zero-order valence-electron chi connectivity index (χ0n) is 11.4. The molecule has 2 amide bonds. The number of nitrogens with zero attached hydrogens (tertiary/aromatic N) is 2. The summed E-state index contributed by atoms with van der Waals surface area (Å²) in [5.74, 6) is -0.459. The number of imide groups is 1. The topological polar surface area (TPSA) is 52.7 Å². The maximum Gasteiger partial charge on any atom is 0.261 e. The largest absolute Gasteiger partial charge is 0.365 e. The summed E-state index contributed by atoms with van der Waals surface area (Å²) >= 11 is 0. The molecule has 3 rings (SSSR count). The molecule has 5 nitrogen and oxygen atoms in total. The standard InChI is InChI=1S/C15H15N3O2/c1-10-7-16-8-11(17(10)2)9-18-14(19)12-5-3-4-6-13(12)15(18)20/h3-8,16H,9H2,1-2H3. The highest BCUT2D eigenvalue weighted by Gasteiger charge is 2.36. The Bertz CT molecular complexity index is 626. The predicted molar refractivity (Wildman–Crippen MR) is 74.5 cm³/mol. The second-order valence-corrected chi connectivity index (χ2v) is 4.89. The van der Waals surface area contributed by atoms with E-state index < -0.39 is 0 Å². The molecule has 1 aromatic rings. The number of carbonyl (C=O) groups excluding carboxylic acids is 2. The van der Waals surface area contributed by atoms with Crippen molar-refractivity contribution in [2.24, 2.45) is 0 Å². The van der Waals surface area contributed by atoms with E-state index in [1.807, 2.05) is 25.1 Å². The van der Waals surface area contributed by atoms with Crippen molar-refractivity contribution in [2.45, 2.75) is 6.92 Å². The molecule has 1 aromatic carbocycles. The van der Waals surface area contributed by atoms with Crippen LogP contribution in [0.2, 0.25) is 0 Å². The first-order chi connectivity index (χ1) is 9.59. The number of hydrogen-bond acceptors (Lipinski definition) is 4. The van der Waals surface area contributed by atoms with Crippen molar-refractivity contribution in [3.05, 3.63) is 59.2 Å². The van der Waals surface area contributed by atoms with Crippen molar-refractivity contribution in [3.8, 4) is 0 Å². The van der Waals surface area contributed by atoms with Crippen LogP contribution in [-0.2, 0) is 0 Å². The Hall–Kier alpha value is -2.56. The van der Waals surface area contributed by atoms with Gasteiger partial charge >= 0.3 is 0 Å². The molecule has 0 aromatic heterocycles. The molecule has 5 heteroatoms. The second kappa shape index (κ2) is 4.52. The van der Waals surface area contributed by atoms with Gasteiger partial charge in [-0.1, -0.05) is 12.1 Å². The molecule has 0 saturated carbocycles. The maximum atomic E-state index is 12.3. The van der Waals surface area contributed by atoms with Gasteiger partial charge in [0, 0.05) is 25.1 Å². The van der Waals surface area contributed by atoms with E-state index in [-0.39, 0.29) is 18.4 Å². The molecule has 0 bridgehead atoms. The summed E-state index contributed by atoms with van der Waals surface area (Å²) in [6, 6.07) is 6.93. The van der Waals surface area contributed by atoms with Gasteiger partial charge in [-0.3, -0.25) is 14.5 Å². The molecule has 102 valence electrons. The van der Waals surface area contributed by atoms with Gasteiger partial charge in [0.25, 0.3) is 11.8 Å². The first-order valence-electron chi connectivity index (χ1n) is 6.40. The molecule has 0 saturated heterocycles. The normalized spacial score (nSPS) is 17.7. The average molecular weight is 269 g/mol. The fourth-order valence-electron chi connectivity index (χ4n) is 2.38. The Morgan fingerprint density at radius 3 is 2.25 bits per heavy atom. The maximum absolute atomic E-state index is 12.3. The van der Waals surface area contributed by atoms with Crippen molar-refractivity contribution < 1.29 is 9.59 Å². The van der Waals surface area contributed by atoms with Crippen LogP contribution in [0.4, 0.5) is 0 Å². The van der Waals surface area contributed by atoms with Crippen LogP contribution in [0.15, 0.2) is 48.1 Å². The number of carbonyl (C=O) groups is 2. The number of amides is 2. The highest BCUT2D eigenvalue weighted by molar-refractivity contribution is 6.21. The Labute approximate surface area is 117 Å². The summed E-state index contributed by atoms with van der Waals surface area (Å²) in [6.45, 7) is 2.23. The van der Waals surface area contributed by atoms with E-state index in [1.165, 1.54) is 4.90 Å². The van der Waals surface area contributed by atoms with E-state index in [2.05, 4.69) is 5.32 Å². The van der Waals surface area contributed by atoms with Crippen molar-refractivity contribution in [2.75, 3.05) is 13.6 Å². The molecular weight excluding hydrogens is 254 g/mol. The summed E-state index contributed by atoms with van der Waals surface area (Å²) in [6.07, 6.45) is 3.67. The highest BCUT2D eigenvalue weighted by Crippen LogP contribution is 2.24. The zero-order chi connectivity index (χ0) is 14.3. The lowest BCUT2D eigenvalue weighted by Gasteiger charge is -2.29. The number of hydrogen-bond donors (Lipinski definition) is 1. The fraction of sp³-hybridized carbons (Fsp3) is 0.200. The summed E-state index contributed by atoms with van der Waals surface area (Å²) in [4.78, 5) is 27.8. The van der Waals surface area contributed by atoms with E-state index in [9.17, 15) is 9.59 Å². The molecule has 0 atom stereocenters. The van der Waals surface area contributed by atoms with E-state index in [1.54, 1.807) is 30.5 Å². The molecule has 0 unspecified atom stereocenters. The predicted octanol–water partition coefficient (Wildman–Crippen LogP) is 1.52. The second-order valence-electron chi connectivity index (χ2n) is 4.89. The monoisotopic (exact) mass is 269 g/mol. The first-order valence-corrected chi connectivity index (χ1v) is 6.40. The summed E-state index contributed by atoms with van der Waals surface area (Å²) in [5, 5.41) is 3.02. The average Bonchev–Trinajstić information content (AvgIpc) is 2.69. The van der Waals surface area contributed by atoms with Crippen molar-refractivity contribution in [3.63, 3.8) is 0 Å². The zero-order valence-corrected chi connectivity index (χ0v) is 11.4. The van der Waals surface area contributed by atoms with Gasteiger partial charge < -0.3 is 10.2 Å². The van der Waals surface area contributed by atoms with Crippen molar-refractivity contribution >= 4 is 11.8 Å². The van der Waals surface area contributed by atoms with Crippen LogP contribution in [0.25, 0.3) is 0 Å². The van der Waals surface area contributed by atoms with Crippen LogP contribution < -0.4 is 5.32 Å². The number of allylic oxidation sites excluding steroid dienone is 1. The van der Waals surface area contributed by atoms with E-state index in [0.29, 0.717) is 11.1 Å². The Kier molecular flexibility index (Phi) is 2.82. The molecule has 0 radical (unpaired) electrons. The number of benzene rings is 1. The van der Waals surface area contributed by atoms with E-state index in [0.717, 1.165) is 11.4 Å². The van der Waals surface area contributed by atoms with Gasteiger partial charge in [-0.05, 0) is 19.1 Å². The lowest BCUT2D eigenvalue weighted by molar-refractivity contribution is 0.0660. The van der Waals surface area contributed by atoms with Crippen LogP contribution in [0.1, 0.15) is 27.6 Å². The first kappa shape index (κ1) is 12.5. The van der Waals surface area contributed by atoms with Gasteiger partial charge in [-0.15, -0.1) is 0 Å². The summed E-state index contributed by atoms with van der Waals surface area (Å²) < 4.78 is 0. The Morgan fingerprint density at radius 1 is 1.05 bits per heavy atom. The molecule has 2 aliphatic rings. The SMILES string of the molecule is CC1=CNC=C(CN2C(=O)c3ccccc3C2=O)N1C. The van der Waals surface area contributed by atoms with Crippen LogP contribution in [0, 0.1) is 0 Å². The minimum Gasteiger partial charge on any atom is -0.365 e. The van der Waals surface area contributed by atoms with Crippen LogP contribution in [0.3, 0.4) is 0 Å². The molecular formula is C15H15N3O2. The molecule has 1 N–H and O–H groups in total. The Balaban J connectivity index is 1.86. The van der Waals surface area contributed by atoms with Gasteiger partial charge in [-0.25, -0.2) is 0 Å². The summed E-state index contributed by atoms with van der Waals surface area (Å²) in [5.41, 5.74) is 2.87. The van der Waals surface area contributed by atoms with Gasteiger partial charge in [0.2, 0.25) is 0 Å².